The Morgan fingerprint density at radius 2 is 0.805 bits per heavy atom. The van der Waals surface area contributed by atoms with Crippen LogP contribution in [0.4, 0.5) is 0 Å². The number of hydrogen-bond donors (Lipinski definition) is 8. The van der Waals surface area contributed by atoms with E-state index in [0.29, 0.717) is 12.8 Å². The Hall–Kier alpha value is -3.98. The number of ether oxygens (including phenoxy) is 2. The number of carbonyl (C=O) groups is 2. The monoisotopic (exact) mass is 1080 g/mol. The van der Waals surface area contributed by atoms with Crippen molar-refractivity contribution in [3.63, 3.8) is 0 Å². The molecule has 8 N–H and O–H groups in total. The highest BCUT2D eigenvalue weighted by atomic mass is 16.5. The van der Waals surface area contributed by atoms with Crippen LogP contribution in [-0.4, -0.2) is 114 Å². The second-order valence-corrected chi connectivity index (χ2v) is 22.8. The van der Waals surface area contributed by atoms with Crippen LogP contribution < -0.4 is 0 Å². The van der Waals surface area contributed by atoms with Crippen molar-refractivity contribution in [1.29, 1.82) is 0 Å². The summed E-state index contributed by atoms with van der Waals surface area (Å²) in [6.45, 7) is 31.0. The average molecular weight is 1080 g/mol. The molecular weight excluding hydrogens is 973 g/mol. The van der Waals surface area contributed by atoms with Crippen molar-refractivity contribution in [2.75, 3.05) is 0 Å². The van der Waals surface area contributed by atoms with Crippen LogP contribution in [0.3, 0.4) is 0 Å². The Bertz CT molecular complexity index is 1760. The van der Waals surface area contributed by atoms with Crippen LogP contribution in [0.1, 0.15) is 142 Å². The highest BCUT2D eigenvalue weighted by Gasteiger charge is 2.33. The number of carbonyl (C=O) groups excluding carboxylic acids is 2. The van der Waals surface area contributed by atoms with Gasteiger partial charge in [0.2, 0.25) is 0 Å². The molecule has 2 aliphatic heterocycles. The van der Waals surface area contributed by atoms with Gasteiger partial charge in [0, 0.05) is 72.3 Å². The van der Waals surface area contributed by atoms with Gasteiger partial charge in [-0.05, 0) is 62.2 Å². The molecule has 0 spiro atoms. The zero-order chi connectivity index (χ0) is 57.7. The van der Waals surface area contributed by atoms with Crippen LogP contribution in [0, 0.1) is 71.0 Å². The summed E-state index contributed by atoms with van der Waals surface area (Å²) in [4.78, 5) is 25.2. The number of aliphatic hydroxyl groups excluding tert-OH is 8. The standard InChI is InChI=1S/2C32H52O6.CH4/c2*1-8-9-12-24(5)32-26(7)28(34)18-15-21(2)19-25(6)31(37)23(4)16-17-27(33)20-29(35)22(3)13-10-11-14-30(36)38-32;/h2*8-14,16-17,21-29,31-35,37H,1,15,18-20H2,2-7H3;1H4/b2*12-9-,13-10+,14-11-,17-16-;/t2*21?,22-,23-,24-,25+,26-,27+,28?,29-,31-,32-;/m10./s1. The summed E-state index contributed by atoms with van der Waals surface area (Å²) in [5.74, 6) is -1.95. The zero-order valence-electron chi connectivity index (χ0n) is 48.4. The van der Waals surface area contributed by atoms with Gasteiger partial charge in [-0.1, -0.05) is 201 Å². The summed E-state index contributed by atoms with van der Waals surface area (Å²) >= 11 is 0. The molecule has 0 amide bonds. The molecule has 0 aromatic carbocycles. The maximum atomic E-state index is 12.6. The number of cyclic esters (lactones) is 2. The van der Waals surface area contributed by atoms with Crippen molar-refractivity contribution in [2.45, 2.75) is 203 Å². The fourth-order valence-electron chi connectivity index (χ4n) is 10.1. The molecule has 0 aromatic heterocycles. The molecule has 12 heteroatoms. The average Bonchev–Trinajstić information content (AvgIpc) is 3.38. The van der Waals surface area contributed by atoms with Crippen molar-refractivity contribution >= 4 is 11.9 Å². The Morgan fingerprint density at radius 1 is 0.468 bits per heavy atom. The third-order valence-corrected chi connectivity index (χ3v) is 15.6. The third kappa shape index (κ3) is 29.2. The Morgan fingerprint density at radius 3 is 1.13 bits per heavy atom. The molecule has 0 saturated heterocycles. The van der Waals surface area contributed by atoms with Crippen molar-refractivity contribution in [3.05, 3.63) is 123 Å². The van der Waals surface area contributed by atoms with Gasteiger partial charge in [-0.25, -0.2) is 9.59 Å². The van der Waals surface area contributed by atoms with Gasteiger partial charge in [0.05, 0.1) is 48.8 Å². The molecule has 77 heavy (non-hydrogen) atoms. The van der Waals surface area contributed by atoms with E-state index in [1.165, 1.54) is 12.2 Å². The molecule has 0 fully saturated rings. The summed E-state index contributed by atoms with van der Waals surface area (Å²) in [6, 6.07) is 0. The van der Waals surface area contributed by atoms with Crippen LogP contribution in [0.25, 0.3) is 0 Å². The number of hydrogen-bond acceptors (Lipinski definition) is 12. The van der Waals surface area contributed by atoms with E-state index in [1.54, 1.807) is 60.8 Å². The molecule has 0 bridgehead atoms. The van der Waals surface area contributed by atoms with Crippen LogP contribution in [0.15, 0.2) is 123 Å². The molecule has 0 aromatic rings. The van der Waals surface area contributed by atoms with E-state index in [2.05, 4.69) is 27.0 Å². The lowest BCUT2D eigenvalue weighted by Gasteiger charge is -2.31. The smallest absolute Gasteiger partial charge is 0.331 e. The van der Waals surface area contributed by atoms with Crippen molar-refractivity contribution in [3.8, 4) is 0 Å². The largest absolute Gasteiger partial charge is 0.458 e. The van der Waals surface area contributed by atoms with E-state index >= 15 is 0 Å². The highest BCUT2D eigenvalue weighted by molar-refractivity contribution is 5.82. The molecule has 22 atom stereocenters. The lowest BCUT2D eigenvalue weighted by Crippen LogP contribution is -2.37. The summed E-state index contributed by atoms with van der Waals surface area (Å²) in [6.07, 6.45) is 28.4. The quantitative estimate of drug-likeness (QED) is 0.0709. The Labute approximate surface area is 466 Å². The number of rotatable bonds is 6. The van der Waals surface area contributed by atoms with Gasteiger partial charge >= 0.3 is 11.9 Å². The van der Waals surface area contributed by atoms with Gasteiger partial charge in [0.15, 0.2) is 0 Å². The van der Waals surface area contributed by atoms with Gasteiger partial charge in [-0.15, -0.1) is 0 Å². The fraction of sp³-hybridized carbons (Fsp3) is 0.662. The predicted octanol–water partition coefficient (Wildman–Crippen LogP) is 10.9. The molecule has 0 radical (unpaired) electrons. The van der Waals surface area contributed by atoms with Crippen molar-refractivity contribution in [1.82, 2.24) is 0 Å². The molecule has 0 saturated carbocycles. The maximum absolute atomic E-state index is 12.6. The summed E-state index contributed by atoms with van der Waals surface area (Å²) < 4.78 is 11.6. The van der Waals surface area contributed by atoms with Crippen LogP contribution in [0.5, 0.6) is 0 Å². The number of allylic oxidation sites excluding steroid dienone is 8. The lowest BCUT2D eigenvalue weighted by atomic mass is 9.82. The number of esters is 2. The van der Waals surface area contributed by atoms with Crippen LogP contribution in [0.2, 0.25) is 0 Å². The topological polar surface area (TPSA) is 214 Å². The van der Waals surface area contributed by atoms with Gasteiger partial charge in [-0.2, -0.15) is 0 Å². The minimum atomic E-state index is -0.828. The van der Waals surface area contributed by atoms with Crippen molar-refractivity contribution < 1.29 is 59.9 Å². The van der Waals surface area contributed by atoms with E-state index in [1.807, 2.05) is 106 Å². The Balaban J connectivity index is 0.00000148. The predicted molar refractivity (Wildman–Crippen MR) is 315 cm³/mol. The molecule has 0 aliphatic carbocycles. The molecule has 12 nitrogen and oxygen atoms in total. The first-order valence-corrected chi connectivity index (χ1v) is 28.2. The third-order valence-electron chi connectivity index (χ3n) is 15.6. The van der Waals surface area contributed by atoms with E-state index in [-0.39, 0.29) is 91.3 Å². The molecule has 4 unspecified atom stereocenters. The van der Waals surface area contributed by atoms with Crippen molar-refractivity contribution in [2.24, 2.45) is 71.0 Å². The first kappa shape index (κ1) is 73.0. The SMILES string of the molecule is C.C=C/C=C\[C@@H](C)[C@H]1OC(=O)/C=C\C=C\[C@@H](C)[C@H](O)C[C@@H](O)/C=C\[C@@H](C)[C@@H](O)[C@@H](C)CC(C)CCC(O)[C@H]1C.C=C/C=C\[C@H](C)[C@@H]1OC(=O)/C=C\C=C\[C@H](C)[C@@H](O)C[C@H](O)/C=C\[C@H](C)[C@H](O)[C@H](C)CC(C)CCC(O)[C@@H]1C. The fourth-order valence-corrected chi connectivity index (χ4v) is 10.1. The summed E-state index contributed by atoms with van der Waals surface area (Å²) in [5.41, 5.74) is 0. The first-order chi connectivity index (χ1) is 35.7. The van der Waals surface area contributed by atoms with Gasteiger partial charge in [0.25, 0.3) is 0 Å². The molecule has 2 rings (SSSR count). The van der Waals surface area contributed by atoms with Gasteiger partial charge in [0.1, 0.15) is 12.2 Å². The van der Waals surface area contributed by atoms with Gasteiger partial charge < -0.3 is 50.3 Å². The minimum Gasteiger partial charge on any atom is -0.458 e. The molecule has 2 heterocycles. The van der Waals surface area contributed by atoms with E-state index in [9.17, 15) is 50.4 Å². The summed E-state index contributed by atoms with van der Waals surface area (Å²) in [7, 11) is 0. The second kappa shape index (κ2) is 39.4. The first-order valence-electron chi connectivity index (χ1n) is 28.2. The van der Waals surface area contributed by atoms with E-state index in [4.69, 9.17) is 9.47 Å². The molecular formula is C65H108O12. The Kier molecular flexibility index (Phi) is 37.4. The van der Waals surface area contributed by atoms with E-state index < -0.39 is 73.0 Å². The molecule has 2 aliphatic rings. The normalized spacial score (nSPS) is 40.2. The lowest BCUT2D eigenvalue weighted by molar-refractivity contribution is -0.151. The number of aliphatic hydroxyl groups is 8. The van der Waals surface area contributed by atoms with Gasteiger partial charge in [-0.3, -0.25) is 0 Å². The van der Waals surface area contributed by atoms with Crippen LogP contribution >= 0.6 is 0 Å². The minimum absolute atomic E-state index is 0. The maximum Gasteiger partial charge on any atom is 0.331 e. The summed E-state index contributed by atoms with van der Waals surface area (Å²) in [5, 5.41) is 85.4. The molecule has 440 valence electrons. The zero-order valence-corrected chi connectivity index (χ0v) is 48.4. The van der Waals surface area contributed by atoms with Crippen LogP contribution in [-0.2, 0) is 19.1 Å². The highest BCUT2D eigenvalue weighted by Crippen LogP contribution is 2.31. The second-order valence-electron chi connectivity index (χ2n) is 22.8. The van der Waals surface area contributed by atoms with E-state index in [0.717, 1.165) is 25.7 Å².